The molecule has 1 aliphatic carbocycles. The number of hydrogen-bond donors (Lipinski definition) is 0. The van der Waals surface area contributed by atoms with Crippen molar-refractivity contribution in [1.29, 1.82) is 0 Å². The second kappa shape index (κ2) is 4.90. The third kappa shape index (κ3) is 2.18. The number of allylic oxidation sites excluding steroid dienone is 1. The molecule has 1 fully saturated rings. The van der Waals surface area contributed by atoms with Crippen molar-refractivity contribution in [2.75, 3.05) is 0 Å². The maximum Gasteiger partial charge on any atom is 0.214 e. The average molecular weight is 286 g/mol. The van der Waals surface area contributed by atoms with Gasteiger partial charge in [-0.3, -0.25) is 0 Å². The molecule has 6 nitrogen and oxygen atoms in total. The number of rotatable bonds is 2. The van der Waals surface area contributed by atoms with E-state index in [1.165, 1.54) is 32.1 Å². The van der Waals surface area contributed by atoms with Gasteiger partial charge in [0, 0.05) is 0 Å². The molecule has 0 spiro atoms. The highest BCUT2D eigenvalue weighted by molar-refractivity contribution is 7.17. The topological polar surface area (TPSA) is 68.9 Å². The lowest BCUT2D eigenvalue weighted by Crippen LogP contribution is -2.02. The van der Waals surface area contributed by atoms with Crippen LogP contribution in [0.5, 0.6) is 0 Å². The molecule has 0 amide bonds. The Labute approximate surface area is 119 Å². The largest absolute Gasteiger partial charge is 0.214 e. The van der Waals surface area contributed by atoms with Crippen LogP contribution < -0.4 is 0 Å². The van der Waals surface area contributed by atoms with Gasteiger partial charge in [-0.2, -0.15) is 10.1 Å². The van der Waals surface area contributed by atoms with Gasteiger partial charge < -0.3 is 0 Å². The molecule has 0 atom stereocenters. The summed E-state index contributed by atoms with van der Waals surface area (Å²) in [4.78, 5) is 5.22. The van der Waals surface area contributed by atoms with Crippen LogP contribution in [0.3, 0.4) is 0 Å². The molecule has 0 unspecified atom stereocenters. The van der Waals surface area contributed by atoms with E-state index in [9.17, 15) is 0 Å². The number of fused-ring (bicyclic) bond motifs is 2. The minimum absolute atomic E-state index is 0.580. The van der Waals surface area contributed by atoms with Crippen LogP contribution in [0.1, 0.15) is 37.1 Å². The predicted molar refractivity (Wildman–Crippen MR) is 76.5 cm³/mol. The van der Waals surface area contributed by atoms with Crippen molar-refractivity contribution in [3.8, 4) is 11.5 Å². The Morgan fingerprint density at radius 2 is 2.10 bits per heavy atom. The fraction of sp³-hybridized carbons (Fsp3) is 0.462. The minimum atomic E-state index is 0.580. The number of hydrogen-bond acceptors (Lipinski definition) is 6. The summed E-state index contributed by atoms with van der Waals surface area (Å²) in [5.74, 6) is 1.29. The van der Waals surface area contributed by atoms with E-state index >= 15 is 0 Å². The van der Waals surface area contributed by atoms with Gasteiger partial charge >= 0.3 is 0 Å². The standard InChI is InChI=1S/C13H14N6S/c1-2-4-9(5-3-1)6-7-11-17-19-8-10-12(16-18-15-10)14-13(19)20-11/h6-9H,1-5H2/b7-6+. The summed E-state index contributed by atoms with van der Waals surface area (Å²) in [6, 6.07) is 0. The molecule has 3 aliphatic rings. The monoisotopic (exact) mass is 286 g/mol. The first-order valence-electron chi connectivity index (χ1n) is 6.92. The number of aromatic nitrogens is 6. The van der Waals surface area contributed by atoms with Gasteiger partial charge in [0.1, 0.15) is 5.01 Å². The summed E-state index contributed by atoms with van der Waals surface area (Å²) in [5.41, 5.74) is 0.676. The van der Waals surface area contributed by atoms with E-state index < -0.39 is 0 Å². The van der Waals surface area contributed by atoms with Crippen LogP contribution in [0.25, 0.3) is 22.6 Å². The Balaban J connectivity index is 1.63. The third-order valence-corrected chi connectivity index (χ3v) is 4.61. The molecular weight excluding hydrogens is 272 g/mol. The van der Waals surface area contributed by atoms with Gasteiger partial charge in [0.15, 0.2) is 5.69 Å². The Morgan fingerprint density at radius 3 is 3.00 bits per heavy atom. The normalized spacial score (nSPS) is 17.6. The van der Waals surface area contributed by atoms with Crippen molar-refractivity contribution in [3.63, 3.8) is 0 Å². The lowest BCUT2D eigenvalue weighted by Gasteiger charge is -2.17. The third-order valence-electron chi connectivity index (χ3n) is 3.73. The Bertz CT molecular complexity index is 679. The van der Waals surface area contributed by atoms with Gasteiger partial charge in [-0.1, -0.05) is 36.7 Å². The first-order valence-corrected chi connectivity index (χ1v) is 7.74. The van der Waals surface area contributed by atoms with Gasteiger partial charge in [-0.15, -0.1) is 10.2 Å². The van der Waals surface area contributed by atoms with Crippen molar-refractivity contribution in [2.45, 2.75) is 32.1 Å². The van der Waals surface area contributed by atoms with Gasteiger partial charge in [-0.05, 0) is 30.0 Å². The summed E-state index contributed by atoms with van der Waals surface area (Å²) in [5, 5.41) is 16.9. The van der Waals surface area contributed by atoms with Crippen LogP contribution in [0.15, 0.2) is 12.3 Å². The zero-order valence-corrected chi connectivity index (χ0v) is 11.8. The summed E-state index contributed by atoms with van der Waals surface area (Å²) in [6.07, 6.45) is 12.9. The van der Waals surface area contributed by atoms with E-state index in [2.05, 4.69) is 37.6 Å². The molecule has 0 bridgehead atoms. The lowest BCUT2D eigenvalue weighted by atomic mass is 9.89. The summed E-state index contributed by atoms with van der Waals surface area (Å²) in [6.45, 7) is 0. The first kappa shape index (κ1) is 11.9. The fourth-order valence-corrected chi connectivity index (χ4v) is 3.44. The summed E-state index contributed by atoms with van der Waals surface area (Å²) >= 11 is 1.56. The molecule has 20 heavy (non-hydrogen) atoms. The van der Waals surface area contributed by atoms with E-state index in [4.69, 9.17) is 0 Å². The van der Waals surface area contributed by atoms with E-state index in [0.717, 1.165) is 9.97 Å². The molecular formula is C13H14N6S. The quantitative estimate of drug-likeness (QED) is 0.724. The van der Waals surface area contributed by atoms with Crippen molar-refractivity contribution in [3.05, 3.63) is 17.3 Å². The Morgan fingerprint density at radius 1 is 1.20 bits per heavy atom. The lowest BCUT2D eigenvalue weighted by molar-refractivity contribution is 0.420. The fourth-order valence-electron chi connectivity index (χ4n) is 2.66. The van der Waals surface area contributed by atoms with Crippen LogP contribution in [-0.4, -0.2) is 30.0 Å². The van der Waals surface area contributed by atoms with Crippen LogP contribution in [0.2, 0.25) is 0 Å². The summed E-state index contributed by atoms with van der Waals surface area (Å²) in [7, 11) is 0. The van der Waals surface area contributed by atoms with Crippen LogP contribution in [0.4, 0.5) is 0 Å². The molecule has 1 aromatic heterocycles. The molecule has 2 aliphatic heterocycles. The molecule has 0 N–H and O–H groups in total. The van der Waals surface area contributed by atoms with E-state index in [1.807, 2.05) is 6.20 Å². The summed E-state index contributed by atoms with van der Waals surface area (Å²) < 4.78 is 1.75. The molecule has 7 heteroatoms. The maximum atomic E-state index is 4.52. The average Bonchev–Trinajstić information content (AvgIpc) is 3.08. The minimum Gasteiger partial charge on any atom is -0.210 e. The number of nitrogens with zero attached hydrogens (tertiary/aromatic N) is 6. The van der Waals surface area contributed by atoms with Crippen molar-refractivity contribution in [1.82, 2.24) is 30.0 Å². The van der Waals surface area contributed by atoms with Crippen molar-refractivity contribution >= 4 is 22.4 Å². The van der Waals surface area contributed by atoms with Gasteiger partial charge in [-0.25, -0.2) is 4.52 Å². The van der Waals surface area contributed by atoms with Crippen molar-refractivity contribution < 1.29 is 0 Å². The smallest absolute Gasteiger partial charge is 0.210 e. The molecule has 4 rings (SSSR count). The van der Waals surface area contributed by atoms with Crippen molar-refractivity contribution in [2.24, 2.45) is 5.92 Å². The van der Waals surface area contributed by atoms with Crippen LogP contribution >= 0.6 is 11.3 Å². The van der Waals surface area contributed by atoms with Crippen LogP contribution in [0, 0.1) is 5.92 Å². The molecule has 0 radical (unpaired) electrons. The predicted octanol–water partition coefficient (Wildman–Crippen LogP) is 2.67. The van der Waals surface area contributed by atoms with E-state index in [-0.39, 0.29) is 0 Å². The Kier molecular flexibility index (Phi) is 2.91. The SMILES string of the molecule is C(=C\C1CCCCC1)/c1nn2cc3nnnc-3nc2s1. The maximum absolute atomic E-state index is 4.52. The molecule has 0 aromatic carbocycles. The highest BCUT2D eigenvalue weighted by Gasteiger charge is 2.13. The van der Waals surface area contributed by atoms with Gasteiger partial charge in [0.2, 0.25) is 10.8 Å². The molecule has 0 saturated heterocycles. The van der Waals surface area contributed by atoms with Crippen LogP contribution in [-0.2, 0) is 0 Å². The first-order chi connectivity index (χ1) is 9.88. The molecule has 1 aromatic rings. The Hall–Kier alpha value is -1.89. The zero-order chi connectivity index (χ0) is 13.4. The highest BCUT2D eigenvalue weighted by Crippen LogP contribution is 2.26. The molecule has 3 heterocycles. The van der Waals surface area contributed by atoms with Gasteiger partial charge in [0.25, 0.3) is 0 Å². The van der Waals surface area contributed by atoms with E-state index in [1.54, 1.807) is 15.9 Å². The van der Waals surface area contributed by atoms with Gasteiger partial charge in [0.05, 0.1) is 6.20 Å². The molecule has 1 saturated carbocycles. The molecule has 102 valence electrons. The van der Waals surface area contributed by atoms with E-state index in [0.29, 0.717) is 17.4 Å². The second-order valence-corrected chi connectivity index (χ2v) is 6.15. The highest BCUT2D eigenvalue weighted by atomic mass is 32.1. The second-order valence-electron chi connectivity index (χ2n) is 5.16. The zero-order valence-electron chi connectivity index (χ0n) is 10.9.